The Bertz CT molecular complexity index is 2330. The third-order valence-electron chi connectivity index (χ3n) is 8.35. The fourth-order valence-electron chi connectivity index (χ4n) is 6.53. The minimum Gasteiger partial charge on any atom is -0.254 e. The van der Waals surface area contributed by atoms with Gasteiger partial charge in [0, 0.05) is 43.7 Å². The Kier molecular flexibility index (Phi) is 4.80. The molecule has 0 aliphatic heterocycles. The highest BCUT2D eigenvalue weighted by Crippen LogP contribution is 2.50. The van der Waals surface area contributed by atoms with E-state index in [0.29, 0.717) is 0 Å². The third-order valence-corrected chi connectivity index (χ3v) is 9.57. The van der Waals surface area contributed by atoms with E-state index in [9.17, 15) is 0 Å². The molecule has 3 aromatic heterocycles. The maximum Gasteiger partial charge on any atom is 0.0971 e. The molecule has 0 saturated carbocycles. The summed E-state index contributed by atoms with van der Waals surface area (Å²) in [7, 11) is 0. The van der Waals surface area contributed by atoms with Gasteiger partial charge >= 0.3 is 0 Å². The molecular formula is C38H22N2S. The molecule has 0 saturated heterocycles. The van der Waals surface area contributed by atoms with Crippen molar-refractivity contribution in [2.24, 2.45) is 0 Å². The van der Waals surface area contributed by atoms with E-state index >= 15 is 0 Å². The van der Waals surface area contributed by atoms with Gasteiger partial charge < -0.3 is 0 Å². The molecule has 41 heavy (non-hydrogen) atoms. The first-order valence-electron chi connectivity index (χ1n) is 13.8. The standard InChI is InChI=1S/C38H22N2S/c1-2-11-27-25(9-1)26-10-3-4-12-28(26)33-22-40-34-16-8-20-39-37(34)36(33)32-21-23(18-19-29(27)32)24-14-7-15-31-30-13-5-6-17-35(30)41-38(24)31/h1-22H. The van der Waals surface area contributed by atoms with Gasteiger partial charge in [-0.3, -0.25) is 9.97 Å². The number of hydrogen-bond acceptors (Lipinski definition) is 3. The van der Waals surface area contributed by atoms with E-state index < -0.39 is 0 Å². The lowest BCUT2D eigenvalue weighted by molar-refractivity contribution is 1.33. The molecular weight excluding hydrogens is 516 g/mol. The van der Waals surface area contributed by atoms with Crippen molar-refractivity contribution in [2.45, 2.75) is 0 Å². The van der Waals surface area contributed by atoms with Gasteiger partial charge in [-0.2, -0.15) is 0 Å². The summed E-state index contributed by atoms with van der Waals surface area (Å²) in [5.74, 6) is 0. The number of benzene rings is 5. The summed E-state index contributed by atoms with van der Waals surface area (Å²) in [6.45, 7) is 0. The van der Waals surface area contributed by atoms with Crippen molar-refractivity contribution in [3.05, 3.63) is 134 Å². The van der Waals surface area contributed by atoms with Crippen molar-refractivity contribution in [3.63, 3.8) is 0 Å². The Morgan fingerprint density at radius 2 is 1.12 bits per heavy atom. The minimum atomic E-state index is 0.903. The summed E-state index contributed by atoms with van der Waals surface area (Å²) in [5.41, 5.74) is 13.8. The lowest BCUT2D eigenvalue weighted by Crippen LogP contribution is -2.00. The molecule has 3 heteroatoms. The lowest BCUT2D eigenvalue weighted by Gasteiger charge is -2.24. The molecule has 0 radical (unpaired) electrons. The van der Waals surface area contributed by atoms with Crippen molar-refractivity contribution in [1.82, 2.24) is 9.97 Å². The van der Waals surface area contributed by atoms with E-state index in [-0.39, 0.29) is 0 Å². The Morgan fingerprint density at radius 1 is 0.463 bits per heavy atom. The number of thiophene rings is 1. The molecule has 0 spiro atoms. The first-order valence-corrected chi connectivity index (χ1v) is 14.6. The maximum absolute atomic E-state index is 4.92. The fourth-order valence-corrected chi connectivity index (χ4v) is 7.77. The monoisotopic (exact) mass is 538 g/mol. The normalized spacial score (nSPS) is 11.9. The topological polar surface area (TPSA) is 25.8 Å². The molecule has 0 N–H and O–H groups in total. The van der Waals surface area contributed by atoms with Crippen LogP contribution in [-0.4, -0.2) is 9.97 Å². The van der Waals surface area contributed by atoms with Crippen LogP contribution < -0.4 is 0 Å². The molecule has 3 heterocycles. The Hall–Kier alpha value is -5.12. The molecule has 8 aromatic rings. The zero-order chi connectivity index (χ0) is 26.9. The molecule has 190 valence electrons. The molecule has 0 amide bonds. The second kappa shape index (κ2) is 8.69. The van der Waals surface area contributed by atoms with Gasteiger partial charge in [0.05, 0.1) is 11.0 Å². The van der Waals surface area contributed by atoms with Crippen LogP contribution >= 0.6 is 11.3 Å². The van der Waals surface area contributed by atoms with E-state index in [1.807, 2.05) is 29.8 Å². The van der Waals surface area contributed by atoms with Gasteiger partial charge in [-0.05, 0) is 68.8 Å². The number of aromatic nitrogens is 2. The van der Waals surface area contributed by atoms with Crippen LogP contribution in [0.2, 0.25) is 0 Å². The molecule has 1 aliphatic rings. The predicted molar refractivity (Wildman–Crippen MR) is 173 cm³/mol. The average Bonchev–Trinajstić information content (AvgIpc) is 3.42. The second-order valence-corrected chi connectivity index (χ2v) is 11.6. The van der Waals surface area contributed by atoms with E-state index in [2.05, 4.69) is 115 Å². The van der Waals surface area contributed by atoms with Crippen molar-refractivity contribution in [1.29, 1.82) is 0 Å². The Labute approximate surface area is 241 Å². The molecule has 0 bridgehead atoms. The fraction of sp³-hybridized carbons (Fsp3) is 0. The zero-order valence-electron chi connectivity index (χ0n) is 22.0. The smallest absolute Gasteiger partial charge is 0.0971 e. The van der Waals surface area contributed by atoms with Gasteiger partial charge in [-0.1, -0.05) is 97.1 Å². The molecule has 9 rings (SSSR count). The van der Waals surface area contributed by atoms with Crippen LogP contribution in [0, 0.1) is 0 Å². The van der Waals surface area contributed by atoms with Crippen LogP contribution in [0.5, 0.6) is 0 Å². The molecule has 2 nitrogen and oxygen atoms in total. The summed E-state index contributed by atoms with van der Waals surface area (Å²) in [5, 5.41) is 2.63. The number of rotatable bonds is 1. The first kappa shape index (κ1) is 22.7. The zero-order valence-corrected chi connectivity index (χ0v) is 22.8. The van der Waals surface area contributed by atoms with Gasteiger partial charge in [0.2, 0.25) is 0 Å². The summed E-state index contributed by atoms with van der Waals surface area (Å²) in [6, 6.07) is 43.9. The molecule has 0 fully saturated rings. The minimum absolute atomic E-state index is 0.903. The molecule has 5 aromatic carbocycles. The van der Waals surface area contributed by atoms with Crippen molar-refractivity contribution >= 4 is 42.5 Å². The summed E-state index contributed by atoms with van der Waals surface area (Å²) in [4.78, 5) is 9.79. The van der Waals surface area contributed by atoms with Crippen LogP contribution in [0.3, 0.4) is 0 Å². The van der Waals surface area contributed by atoms with Crippen molar-refractivity contribution in [3.8, 4) is 55.6 Å². The number of nitrogens with zero attached hydrogens (tertiary/aromatic N) is 2. The predicted octanol–water partition coefficient (Wildman–Crippen LogP) is 10.6. The van der Waals surface area contributed by atoms with Crippen LogP contribution in [0.15, 0.2) is 134 Å². The van der Waals surface area contributed by atoms with Gasteiger partial charge in [-0.25, -0.2) is 0 Å². The highest BCUT2D eigenvalue weighted by atomic mass is 32.1. The van der Waals surface area contributed by atoms with E-state index in [0.717, 1.165) is 22.2 Å². The molecule has 0 atom stereocenters. The highest BCUT2D eigenvalue weighted by Gasteiger charge is 2.25. The van der Waals surface area contributed by atoms with Crippen molar-refractivity contribution < 1.29 is 0 Å². The van der Waals surface area contributed by atoms with Crippen molar-refractivity contribution in [2.75, 3.05) is 0 Å². The summed E-state index contributed by atoms with van der Waals surface area (Å²) in [6.07, 6.45) is 3.92. The van der Waals surface area contributed by atoms with E-state index in [4.69, 9.17) is 9.97 Å². The number of pyridine rings is 2. The van der Waals surface area contributed by atoms with E-state index in [1.165, 1.54) is 64.7 Å². The highest BCUT2D eigenvalue weighted by molar-refractivity contribution is 7.26. The van der Waals surface area contributed by atoms with Gasteiger partial charge in [0.15, 0.2) is 0 Å². The second-order valence-electron chi connectivity index (χ2n) is 10.6. The summed E-state index contributed by atoms with van der Waals surface area (Å²) < 4.78 is 2.64. The van der Waals surface area contributed by atoms with E-state index in [1.54, 1.807) is 0 Å². The quantitative estimate of drug-likeness (QED) is 0.208. The SMILES string of the molecule is c1ccc2c(c1)-c1ccccc1-c1cnc3cccnc3c1-c1cc(-c3cccc4c3sc3ccccc34)ccc1-2. The third kappa shape index (κ3) is 3.30. The Morgan fingerprint density at radius 3 is 1.93 bits per heavy atom. The Balaban J connectivity index is 1.42. The lowest BCUT2D eigenvalue weighted by atomic mass is 9.80. The van der Waals surface area contributed by atoms with Crippen LogP contribution in [0.4, 0.5) is 0 Å². The average molecular weight is 539 g/mol. The molecule has 0 unspecified atom stereocenters. The van der Waals surface area contributed by atoms with Gasteiger partial charge in [-0.15, -0.1) is 11.3 Å². The number of hydrogen-bond donors (Lipinski definition) is 0. The largest absolute Gasteiger partial charge is 0.254 e. The van der Waals surface area contributed by atoms with Gasteiger partial charge in [0.1, 0.15) is 0 Å². The summed E-state index contributed by atoms with van der Waals surface area (Å²) >= 11 is 1.87. The van der Waals surface area contributed by atoms with Crippen LogP contribution in [0.25, 0.3) is 86.8 Å². The number of fused-ring (bicyclic) bond motifs is 13. The van der Waals surface area contributed by atoms with Crippen LogP contribution in [0.1, 0.15) is 0 Å². The van der Waals surface area contributed by atoms with Gasteiger partial charge in [0.25, 0.3) is 0 Å². The van der Waals surface area contributed by atoms with Crippen LogP contribution in [-0.2, 0) is 0 Å². The first-order chi connectivity index (χ1) is 20.3. The maximum atomic E-state index is 4.92. The molecule has 1 aliphatic carbocycles.